The summed E-state index contributed by atoms with van der Waals surface area (Å²) in [6.45, 7) is 3.50. The van der Waals surface area contributed by atoms with Gasteiger partial charge < -0.3 is 5.11 Å². The Bertz CT molecular complexity index is 697. The van der Waals surface area contributed by atoms with Gasteiger partial charge in [0.1, 0.15) is 24.0 Å². The number of rotatable bonds is 2. The number of carbonyl (C=O) groups is 4. The van der Waals surface area contributed by atoms with E-state index in [2.05, 4.69) is 0 Å². The molecule has 4 aliphatic carbocycles. The van der Waals surface area contributed by atoms with E-state index in [0.29, 0.717) is 12.8 Å². The van der Waals surface area contributed by atoms with Crippen LogP contribution in [-0.4, -0.2) is 34.8 Å². The second-order valence-electron chi connectivity index (χ2n) is 9.55. The van der Waals surface area contributed by atoms with Gasteiger partial charge in [0.2, 0.25) is 0 Å². The van der Waals surface area contributed by atoms with Gasteiger partial charge in [-0.15, -0.1) is 0 Å². The molecule has 0 heterocycles. The maximum absolute atomic E-state index is 13.3. The van der Waals surface area contributed by atoms with Crippen molar-refractivity contribution in [2.24, 2.45) is 40.4 Å². The molecule has 0 aromatic heterocycles. The summed E-state index contributed by atoms with van der Waals surface area (Å²) < 4.78 is 0. The van der Waals surface area contributed by atoms with Crippen molar-refractivity contribution < 1.29 is 24.3 Å². The highest BCUT2D eigenvalue weighted by Crippen LogP contribution is 2.65. The average molecular weight is 360 g/mol. The first-order valence-electron chi connectivity index (χ1n) is 9.94. The van der Waals surface area contributed by atoms with E-state index in [4.69, 9.17) is 0 Å². The Labute approximate surface area is 153 Å². The predicted molar refractivity (Wildman–Crippen MR) is 93.1 cm³/mol. The van der Waals surface area contributed by atoms with Gasteiger partial charge in [0.15, 0.2) is 5.78 Å². The Hall–Kier alpha value is -1.36. The SMILES string of the molecule is C[C@]12CC(=O)[C@H]3[C@@H](CCC4CC(=O)CC(=O)[C@@]43C)[C@@H]1CC[C@@H]2C(=O)CO. The van der Waals surface area contributed by atoms with Gasteiger partial charge in [-0.3, -0.25) is 19.2 Å². The number of hydrogen-bond donors (Lipinski definition) is 1. The van der Waals surface area contributed by atoms with Gasteiger partial charge in [-0.05, 0) is 48.9 Å². The molecule has 142 valence electrons. The molecule has 0 spiro atoms. The van der Waals surface area contributed by atoms with E-state index in [9.17, 15) is 24.3 Å². The predicted octanol–water partition coefficient (Wildman–Crippen LogP) is 2.13. The van der Waals surface area contributed by atoms with Crippen molar-refractivity contribution in [2.45, 2.75) is 58.8 Å². The molecule has 0 radical (unpaired) electrons. The quantitative estimate of drug-likeness (QED) is 0.762. The highest BCUT2D eigenvalue weighted by atomic mass is 16.3. The molecule has 26 heavy (non-hydrogen) atoms. The minimum atomic E-state index is -0.714. The normalized spacial score (nSPS) is 48.0. The topological polar surface area (TPSA) is 88.5 Å². The average Bonchev–Trinajstić information content (AvgIpc) is 2.92. The Balaban J connectivity index is 1.72. The molecule has 4 aliphatic rings. The summed E-state index contributed by atoms with van der Waals surface area (Å²) in [6, 6.07) is 0. The van der Waals surface area contributed by atoms with Crippen LogP contribution < -0.4 is 0 Å². The van der Waals surface area contributed by atoms with Crippen molar-refractivity contribution in [3.8, 4) is 0 Å². The minimum Gasteiger partial charge on any atom is -0.389 e. The molecule has 4 saturated carbocycles. The molecular weight excluding hydrogens is 332 g/mol. The number of Topliss-reactive ketones (excluding diaryl/α,β-unsaturated/α-hetero) is 4. The van der Waals surface area contributed by atoms with Crippen LogP contribution in [0.4, 0.5) is 0 Å². The molecule has 1 N–H and O–H groups in total. The van der Waals surface area contributed by atoms with Crippen molar-refractivity contribution in [2.75, 3.05) is 6.61 Å². The monoisotopic (exact) mass is 360 g/mol. The Morgan fingerprint density at radius 3 is 2.54 bits per heavy atom. The van der Waals surface area contributed by atoms with Crippen LogP contribution in [0.1, 0.15) is 58.8 Å². The van der Waals surface area contributed by atoms with Gasteiger partial charge in [0.25, 0.3) is 0 Å². The van der Waals surface area contributed by atoms with Gasteiger partial charge in [-0.1, -0.05) is 13.8 Å². The number of aliphatic hydroxyl groups is 1. The summed E-state index contributed by atoms with van der Waals surface area (Å²) in [6.07, 6.45) is 3.99. The first-order valence-corrected chi connectivity index (χ1v) is 9.94. The molecule has 0 aromatic carbocycles. The van der Waals surface area contributed by atoms with Crippen LogP contribution in [0.25, 0.3) is 0 Å². The van der Waals surface area contributed by atoms with Crippen LogP contribution >= 0.6 is 0 Å². The lowest BCUT2D eigenvalue weighted by molar-refractivity contribution is -0.169. The molecule has 5 heteroatoms. The summed E-state index contributed by atoms with van der Waals surface area (Å²) in [5, 5.41) is 9.34. The summed E-state index contributed by atoms with van der Waals surface area (Å²) >= 11 is 0. The van der Waals surface area contributed by atoms with Crippen LogP contribution in [0.3, 0.4) is 0 Å². The molecule has 5 nitrogen and oxygen atoms in total. The molecule has 0 bridgehead atoms. The lowest BCUT2D eigenvalue weighted by Gasteiger charge is -2.58. The van der Waals surface area contributed by atoms with Crippen molar-refractivity contribution in [3.63, 3.8) is 0 Å². The van der Waals surface area contributed by atoms with Crippen LogP contribution in [0.5, 0.6) is 0 Å². The molecular formula is C21H28O5. The molecule has 4 rings (SSSR count). The zero-order chi connectivity index (χ0) is 18.9. The second kappa shape index (κ2) is 5.82. The highest BCUT2D eigenvalue weighted by molar-refractivity contribution is 6.06. The molecule has 0 saturated heterocycles. The highest BCUT2D eigenvalue weighted by Gasteiger charge is 2.66. The Kier molecular flexibility index (Phi) is 4.03. The fraction of sp³-hybridized carbons (Fsp3) is 0.810. The van der Waals surface area contributed by atoms with E-state index >= 15 is 0 Å². The van der Waals surface area contributed by atoms with Crippen molar-refractivity contribution in [1.82, 2.24) is 0 Å². The van der Waals surface area contributed by atoms with E-state index in [1.165, 1.54) is 0 Å². The largest absolute Gasteiger partial charge is 0.389 e. The first kappa shape index (κ1) is 18.0. The zero-order valence-corrected chi connectivity index (χ0v) is 15.6. The van der Waals surface area contributed by atoms with Crippen LogP contribution in [-0.2, 0) is 19.2 Å². The van der Waals surface area contributed by atoms with Crippen LogP contribution in [0.2, 0.25) is 0 Å². The van der Waals surface area contributed by atoms with Gasteiger partial charge in [-0.2, -0.15) is 0 Å². The number of ketones is 4. The summed E-state index contributed by atoms with van der Waals surface area (Å²) in [7, 11) is 0. The first-order chi connectivity index (χ1) is 12.2. The maximum Gasteiger partial charge on any atom is 0.161 e. The lowest BCUT2D eigenvalue weighted by atomic mass is 9.44. The third kappa shape index (κ3) is 2.19. The molecule has 7 atom stereocenters. The van der Waals surface area contributed by atoms with E-state index in [1.807, 2.05) is 13.8 Å². The lowest BCUT2D eigenvalue weighted by Crippen LogP contribution is -2.60. The summed E-state index contributed by atoms with van der Waals surface area (Å²) in [5.74, 6) is -0.293. The minimum absolute atomic E-state index is 0.0120. The molecule has 0 aliphatic heterocycles. The fourth-order valence-corrected chi connectivity index (χ4v) is 7.34. The smallest absolute Gasteiger partial charge is 0.161 e. The zero-order valence-electron chi connectivity index (χ0n) is 15.6. The van der Waals surface area contributed by atoms with Crippen molar-refractivity contribution >= 4 is 23.1 Å². The van der Waals surface area contributed by atoms with E-state index < -0.39 is 17.4 Å². The Morgan fingerprint density at radius 2 is 1.85 bits per heavy atom. The van der Waals surface area contributed by atoms with E-state index in [-0.39, 0.29) is 59.1 Å². The molecule has 4 fully saturated rings. The van der Waals surface area contributed by atoms with Gasteiger partial charge in [-0.25, -0.2) is 0 Å². The molecule has 0 amide bonds. The Morgan fingerprint density at radius 1 is 1.12 bits per heavy atom. The number of carbonyl (C=O) groups excluding carboxylic acids is 4. The second-order valence-corrected chi connectivity index (χ2v) is 9.55. The van der Waals surface area contributed by atoms with Gasteiger partial charge in [0, 0.05) is 30.1 Å². The van der Waals surface area contributed by atoms with Crippen molar-refractivity contribution in [3.05, 3.63) is 0 Å². The van der Waals surface area contributed by atoms with Crippen LogP contribution in [0.15, 0.2) is 0 Å². The number of fused-ring (bicyclic) bond motifs is 5. The fourth-order valence-electron chi connectivity index (χ4n) is 7.34. The molecule has 1 unspecified atom stereocenters. The number of aliphatic hydroxyl groups excluding tert-OH is 1. The van der Waals surface area contributed by atoms with Crippen molar-refractivity contribution in [1.29, 1.82) is 0 Å². The van der Waals surface area contributed by atoms with Gasteiger partial charge in [0.05, 0.1) is 6.42 Å². The van der Waals surface area contributed by atoms with Gasteiger partial charge >= 0.3 is 0 Å². The van der Waals surface area contributed by atoms with Crippen LogP contribution in [0, 0.1) is 40.4 Å². The number of hydrogen-bond acceptors (Lipinski definition) is 5. The third-order valence-corrected chi connectivity index (χ3v) is 8.58. The standard InChI is InChI=1S/C21H28O5/c1-20-9-16(24)19-13(14(20)5-6-15(20)17(25)10-22)4-3-11-7-12(23)8-18(26)21(11,19)2/h11,13-15,19,22H,3-10H2,1-2H3/t11?,13-,14-,15+,19+,20-,21+/m0/s1. The van der Waals surface area contributed by atoms with E-state index in [0.717, 1.165) is 25.7 Å². The third-order valence-electron chi connectivity index (χ3n) is 8.58. The summed E-state index contributed by atoms with van der Waals surface area (Å²) in [5.41, 5.74) is -1.11. The van der Waals surface area contributed by atoms with E-state index in [1.54, 1.807) is 0 Å². The summed E-state index contributed by atoms with van der Waals surface area (Å²) in [4.78, 5) is 50.4. The maximum atomic E-state index is 13.3. The molecule has 0 aromatic rings.